The normalized spacial score (nSPS) is 11.5. The molecule has 0 aromatic heterocycles. The van der Waals surface area contributed by atoms with E-state index < -0.39 is 8.24 Å². The second-order valence-electron chi connectivity index (χ2n) is 5.67. The second-order valence-corrected chi connectivity index (χ2v) is 10.4. The van der Waals surface area contributed by atoms with Gasteiger partial charge in [0, 0.05) is 6.42 Å². The van der Waals surface area contributed by atoms with Crippen LogP contribution in [0.15, 0.2) is 0 Å². The molecular formula is C13H29NOSi. The van der Waals surface area contributed by atoms with E-state index in [0.717, 1.165) is 12.8 Å². The van der Waals surface area contributed by atoms with Gasteiger partial charge in [0.2, 0.25) is 5.91 Å². The third-order valence-electron chi connectivity index (χ3n) is 2.52. The highest BCUT2D eigenvalue weighted by molar-refractivity contribution is 6.75. The maximum Gasteiger partial charge on any atom is 0.212 e. The van der Waals surface area contributed by atoms with E-state index in [1.165, 1.54) is 38.5 Å². The third kappa shape index (κ3) is 11.8. The lowest BCUT2D eigenvalue weighted by molar-refractivity contribution is -0.119. The number of carbonyl (C=O) groups excluding carboxylic acids is 1. The predicted molar refractivity (Wildman–Crippen MR) is 74.1 cm³/mol. The topological polar surface area (TPSA) is 29.1 Å². The van der Waals surface area contributed by atoms with E-state index in [9.17, 15) is 4.79 Å². The number of hydrogen-bond acceptors (Lipinski definition) is 1. The van der Waals surface area contributed by atoms with Gasteiger partial charge in [-0.3, -0.25) is 4.79 Å². The average Bonchev–Trinajstić information content (AvgIpc) is 2.13. The highest BCUT2D eigenvalue weighted by atomic mass is 28.3. The molecule has 0 fully saturated rings. The van der Waals surface area contributed by atoms with Crippen molar-refractivity contribution in [2.24, 2.45) is 0 Å². The van der Waals surface area contributed by atoms with Gasteiger partial charge >= 0.3 is 0 Å². The minimum absolute atomic E-state index is 0.257. The molecule has 0 aliphatic heterocycles. The summed E-state index contributed by atoms with van der Waals surface area (Å²) >= 11 is 0. The Bertz CT molecular complexity index is 187. The summed E-state index contributed by atoms with van der Waals surface area (Å²) in [6.07, 6.45) is 9.64. The molecule has 0 aromatic carbocycles. The number of nitrogens with one attached hydrogen (secondary N) is 1. The van der Waals surface area contributed by atoms with Crippen LogP contribution in [0.3, 0.4) is 0 Å². The summed E-state index contributed by atoms with van der Waals surface area (Å²) in [5.41, 5.74) is 0. The number of hydrogen-bond donors (Lipinski definition) is 1. The van der Waals surface area contributed by atoms with Crippen molar-refractivity contribution in [3.8, 4) is 0 Å². The van der Waals surface area contributed by atoms with Gasteiger partial charge in [0.1, 0.15) is 8.24 Å². The SMILES string of the molecule is CCCCCCCCCC(=O)N[Si](C)(C)C. The van der Waals surface area contributed by atoms with Crippen molar-refractivity contribution in [1.29, 1.82) is 0 Å². The van der Waals surface area contributed by atoms with Crippen molar-refractivity contribution in [2.45, 2.75) is 77.9 Å². The fourth-order valence-corrected chi connectivity index (χ4v) is 2.68. The van der Waals surface area contributed by atoms with E-state index in [-0.39, 0.29) is 5.91 Å². The smallest absolute Gasteiger partial charge is 0.212 e. The van der Waals surface area contributed by atoms with E-state index in [0.29, 0.717) is 0 Å². The van der Waals surface area contributed by atoms with Crippen LogP contribution in [-0.2, 0) is 4.79 Å². The molecule has 0 radical (unpaired) electrons. The molecule has 0 spiro atoms. The summed E-state index contributed by atoms with van der Waals surface area (Å²) in [4.78, 5) is 14.6. The molecule has 0 heterocycles. The van der Waals surface area contributed by atoms with E-state index >= 15 is 0 Å². The lowest BCUT2D eigenvalue weighted by Crippen LogP contribution is -2.45. The van der Waals surface area contributed by atoms with E-state index in [4.69, 9.17) is 0 Å². The van der Waals surface area contributed by atoms with Gasteiger partial charge in [-0.05, 0) is 6.42 Å². The molecule has 0 saturated carbocycles. The molecule has 2 nitrogen and oxygen atoms in total. The Hall–Kier alpha value is -0.313. The zero-order chi connectivity index (χ0) is 12.4. The molecule has 0 aliphatic rings. The summed E-state index contributed by atoms with van der Waals surface area (Å²) in [6.45, 7) is 8.72. The summed E-state index contributed by atoms with van der Waals surface area (Å²) in [7, 11) is -1.41. The second kappa shape index (κ2) is 8.80. The maximum atomic E-state index is 11.5. The van der Waals surface area contributed by atoms with Gasteiger partial charge in [-0.1, -0.05) is 65.1 Å². The number of carbonyl (C=O) groups is 1. The molecule has 0 rings (SSSR count). The zero-order valence-electron chi connectivity index (χ0n) is 11.6. The monoisotopic (exact) mass is 243 g/mol. The van der Waals surface area contributed by atoms with Gasteiger partial charge in [0.05, 0.1) is 0 Å². The Morgan fingerprint density at radius 2 is 1.44 bits per heavy atom. The van der Waals surface area contributed by atoms with E-state index in [1.807, 2.05) is 0 Å². The zero-order valence-corrected chi connectivity index (χ0v) is 12.6. The van der Waals surface area contributed by atoms with Crippen LogP contribution in [0, 0.1) is 0 Å². The molecule has 0 aromatic rings. The van der Waals surface area contributed by atoms with Gasteiger partial charge in [-0.2, -0.15) is 0 Å². The number of rotatable bonds is 9. The Kier molecular flexibility index (Phi) is 8.62. The van der Waals surface area contributed by atoms with Gasteiger partial charge in [-0.15, -0.1) is 0 Å². The fraction of sp³-hybridized carbons (Fsp3) is 0.923. The average molecular weight is 243 g/mol. The van der Waals surface area contributed by atoms with Crippen molar-refractivity contribution in [2.75, 3.05) is 0 Å². The van der Waals surface area contributed by atoms with Crippen molar-refractivity contribution in [3.05, 3.63) is 0 Å². The van der Waals surface area contributed by atoms with Crippen LogP contribution in [0.1, 0.15) is 58.3 Å². The standard InChI is InChI=1S/C13H29NOSi/c1-5-6-7-8-9-10-11-12-13(15)14-16(2,3)4/h5-12H2,1-4H3,(H,14,15). The van der Waals surface area contributed by atoms with Crippen molar-refractivity contribution in [3.63, 3.8) is 0 Å². The minimum atomic E-state index is -1.41. The molecule has 0 bridgehead atoms. The molecule has 3 heteroatoms. The Morgan fingerprint density at radius 1 is 0.938 bits per heavy atom. The summed E-state index contributed by atoms with van der Waals surface area (Å²) in [5.74, 6) is 0.257. The van der Waals surface area contributed by atoms with Crippen molar-refractivity contribution >= 4 is 14.1 Å². The van der Waals surface area contributed by atoms with E-state index in [2.05, 4.69) is 31.5 Å². The molecular weight excluding hydrogens is 214 g/mol. The van der Waals surface area contributed by atoms with Crippen LogP contribution in [0.4, 0.5) is 0 Å². The van der Waals surface area contributed by atoms with Crippen LogP contribution in [0.5, 0.6) is 0 Å². The molecule has 16 heavy (non-hydrogen) atoms. The van der Waals surface area contributed by atoms with Crippen LogP contribution in [0.25, 0.3) is 0 Å². The van der Waals surface area contributed by atoms with Crippen LogP contribution in [-0.4, -0.2) is 14.1 Å². The number of amides is 1. The highest BCUT2D eigenvalue weighted by Crippen LogP contribution is 2.08. The first-order valence-corrected chi connectivity index (χ1v) is 10.3. The van der Waals surface area contributed by atoms with Crippen LogP contribution in [0.2, 0.25) is 19.6 Å². The molecule has 0 aliphatic carbocycles. The van der Waals surface area contributed by atoms with E-state index in [1.54, 1.807) is 0 Å². The maximum absolute atomic E-state index is 11.5. The third-order valence-corrected chi connectivity index (χ3v) is 3.55. The lowest BCUT2D eigenvalue weighted by Gasteiger charge is -2.17. The number of unbranched alkanes of at least 4 members (excludes halogenated alkanes) is 6. The first kappa shape index (κ1) is 15.7. The quantitative estimate of drug-likeness (QED) is 0.480. The minimum Gasteiger partial charge on any atom is -0.382 e. The molecule has 0 unspecified atom stereocenters. The van der Waals surface area contributed by atoms with Crippen LogP contribution >= 0.6 is 0 Å². The molecule has 1 amide bonds. The predicted octanol–water partition coefficient (Wildman–Crippen LogP) is 4.08. The lowest BCUT2D eigenvalue weighted by atomic mass is 10.1. The molecule has 0 saturated heterocycles. The Balaban J connectivity index is 3.28. The first-order chi connectivity index (χ1) is 7.45. The summed E-state index contributed by atoms with van der Waals surface area (Å²) < 4.78 is 0. The highest BCUT2D eigenvalue weighted by Gasteiger charge is 2.15. The summed E-state index contributed by atoms with van der Waals surface area (Å²) in [6, 6.07) is 0. The van der Waals surface area contributed by atoms with Crippen molar-refractivity contribution < 1.29 is 4.79 Å². The van der Waals surface area contributed by atoms with Crippen molar-refractivity contribution in [1.82, 2.24) is 4.98 Å². The summed E-state index contributed by atoms with van der Waals surface area (Å²) in [5, 5.41) is 0. The largest absolute Gasteiger partial charge is 0.382 e. The van der Waals surface area contributed by atoms with Gasteiger partial charge < -0.3 is 4.98 Å². The van der Waals surface area contributed by atoms with Gasteiger partial charge in [0.25, 0.3) is 0 Å². The Morgan fingerprint density at radius 3 is 1.94 bits per heavy atom. The molecule has 0 atom stereocenters. The Labute approximate surface area is 102 Å². The van der Waals surface area contributed by atoms with Gasteiger partial charge in [-0.25, -0.2) is 0 Å². The van der Waals surface area contributed by atoms with Crippen LogP contribution < -0.4 is 4.98 Å². The first-order valence-electron chi connectivity index (χ1n) is 6.76. The van der Waals surface area contributed by atoms with Gasteiger partial charge in [0.15, 0.2) is 0 Å². The fourth-order valence-electron chi connectivity index (χ4n) is 1.72. The molecule has 1 N–H and O–H groups in total. The molecule has 96 valence electrons.